The Bertz CT molecular complexity index is 330. The lowest BCUT2D eigenvalue weighted by Crippen LogP contribution is -2.19. The third-order valence-corrected chi connectivity index (χ3v) is 1.88. The Balaban J connectivity index is 2.63. The van der Waals surface area contributed by atoms with Crippen LogP contribution >= 0.6 is 11.6 Å². The molecule has 90 valence electrons. The Morgan fingerprint density at radius 3 is 2.56 bits per heavy atom. The van der Waals surface area contributed by atoms with Crippen molar-refractivity contribution in [2.75, 3.05) is 24.3 Å². The van der Waals surface area contributed by atoms with Gasteiger partial charge in [0.1, 0.15) is 5.75 Å². The molecule has 0 aliphatic heterocycles. The maximum absolute atomic E-state index is 12.0. The first kappa shape index (κ1) is 13.0. The summed E-state index contributed by atoms with van der Waals surface area (Å²) < 4.78 is 40.5. The van der Waals surface area contributed by atoms with E-state index in [0.717, 1.165) is 0 Å². The van der Waals surface area contributed by atoms with E-state index in [-0.39, 0.29) is 5.75 Å². The Labute approximate surface area is 96.4 Å². The summed E-state index contributed by atoms with van der Waals surface area (Å²) in [5.74, 6) is 0.540. The topological polar surface area (TPSA) is 21.3 Å². The Morgan fingerprint density at radius 2 is 1.94 bits per heavy atom. The lowest BCUT2D eigenvalue weighted by Gasteiger charge is -2.13. The van der Waals surface area contributed by atoms with E-state index in [1.807, 2.05) is 0 Å². The van der Waals surface area contributed by atoms with Gasteiger partial charge in [0.05, 0.1) is 5.69 Å². The lowest BCUT2D eigenvalue weighted by atomic mass is 10.3. The first-order valence-corrected chi connectivity index (χ1v) is 5.15. The molecule has 0 unspecified atom stereocenters. The van der Waals surface area contributed by atoms with Gasteiger partial charge in [-0.3, -0.25) is 0 Å². The Kier molecular flexibility index (Phi) is 4.73. The van der Waals surface area contributed by atoms with E-state index in [9.17, 15) is 13.2 Å². The summed E-state index contributed by atoms with van der Waals surface area (Å²) in [6.45, 7) is -0.833. The highest BCUT2D eigenvalue weighted by atomic mass is 35.5. The van der Waals surface area contributed by atoms with Crippen molar-refractivity contribution in [1.29, 1.82) is 0 Å². The van der Waals surface area contributed by atoms with Gasteiger partial charge in [0, 0.05) is 12.4 Å². The van der Waals surface area contributed by atoms with E-state index in [0.29, 0.717) is 18.1 Å². The minimum Gasteiger partial charge on any atom is -0.482 e. The fourth-order valence-electron chi connectivity index (χ4n) is 1.08. The second-order valence-corrected chi connectivity index (χ2v) is 3.39. The highest BCUT2D eigenvalue weighted by Crippen LogP contribution is 2.25. The molecular formula is C10H11ClF3NO. The lowest BCUT2D eigenvalue weighted by molar-refractivity contribution is -0.153. The third-order valence-electron chi connectivity index (χ3n) is 1.69. The molecule has 0 aliphatic carbocycles. The van der Waals surface area contributed by atoms with Crippen LogP contribution in [0.15, 0.2) is 24.3 Å². The normalized spacial score (nSPS) is 11.2. The highest BCUT2D eigenvalue weighted by Gasteiger charge is 2.28. The number of ether oxygens (including phenoxy) is 1. The van der Waals surface area contributed by atoms with E-state index in [1.165, 1.54) is 6.07 Å². The number of anilines is 1. The summed E-state index contributed by atoms with van der Waals surface area (Å²) >= 11 is 5.47. The zero-order chi connectivity index (χ0) is 12.0. The molecule has 0 spiro atoms. The quantitative estimate of drug-likeness (QED) is 0.813. The van der Waals surface area contributed by atoms with Gasteiger partial charge in [-0.05, 0) is 12.1 Å². The van der Waals surface area contributed by atoms with Gasteiger partial charge >= 0.3 is 6.18 Å². The molecule has 0 atom stereocenters. The maximum atomic E-state index is 12.0. The smallest absolute Gasteiger partial charge is 0.422 e. The maximum Gasteiger partial charge on any atom is 0.422 e. The fraction of sp³-hybridized carbons (Fsp3) is 0.400. The second-order valence-electron chi connectivity index (χ2n) is 3.02. The van der Waals surface area contributed by atoms with Crippen molar-refractivity contribution >= 4 is 17.3 Å². The average molecular weight is 254 g/mol. The van der Waals surface area contributed by atoms with Gasteiger partial charge in [-0.15, -0.1) is 11.6 Å². The van der Waals surface area contributed by atoms with Crippen LogP contribution in [0.2, 0.25) is 0 Å². The van der Waals surface area contributed by atoms with Crippen molar-refractivity contribution in [1.82, 2.24) is 0 Å². The van der Waals surface area contributed by atoms with Crippen LogP contribution in [-0.2, 0) is 0 Å². The van der Waals surface area contributed by atoms with E-state index in [4.69, 9.17) is 11.6 Å². The van der Waals surface area contributed by atoms with Crippen molar-refractivity contribution in [2.45, 2.75) is 6.18 Å². The summed E-state index contributed by atoms with van der Waals surface area (Å²) in [6, 6.07) is 6.43. The molecular weight excluding hydrogens is 243 g/mol. The molecule has 1 N–H and O–H groups in total. The van der Waals surface area contributed by atoms with Gasteiger partial charge in [-0.25, -0.2) is 0 Å². The number of halogens is 4. The monoisotopic (exact) mass is 253 g/mol. The summed E-state index contributed by atoms with van der Waals surface area (Å²) in [5, 5.41) is 2.87. The van der Waals surface area contributed by atoms with E-state index < -0.39 is 12.8 Å². The molecule has 0 heterocycles. The predicted octanol–water partition coefficient (Wildman–Crippen LogP) is 3.28. The van der Waals surface area contributed by atoms with Crippen molar-refractivity contribution in [3.05, 3.63) is 24.3 Å². The zero-order valence-corrected chi connectivity index (χ0v) is 9.11. The first-order chi connectivity index (χ1) is 7.53. The molecule has 1 aromatic carbocycles. The number of benzene rings is 1. The standard InChI is InChI=1S/C10H11ClF3NO/c11-5-6-15-8-3-1-2-4-9(8)16-7-10(12,13)14/h1-4,15H,5-7H2. The predicted molar refractivity (Wildman–Crippen MR) is 57.2 cm³/mol. The first-order valence-electron chi connectivity index (χ1n) is 4.61. The van der Waals surface area contributed by atoms with Crippen LogP contribution < -0.4 is 10.1 Å². The third kappa shape index (κ3) is 4.61. The van der Waals surface area contributed by atoms with E-state index in [1.54, 1.807) is 18.2 Å². The molecule has 1 aromatic rings. The summed E-state index contributed by atoms with van der Waals surface area (Å²) in [5.41, 5.74) is 0.507. The van der Waals surface area contributed by atoms with Gasteiger partial charge in [0.25, 0.3) is 0 Å². The summed E-state index contributed by atoms with van der Waals surface area (Å²) in [7, 11) is 0. The molecule has 0 bridgehead atoms. The van der Waals surface area contributed by atoms with Gasteiger partial charge in [0.2, 0.25) is 0 Å². The van der Waals surface area contributed by atoms with Crippen LogP contribution in [0.3, 0.4) is 0 Å². The number of hydrogen-bond donors (Lipinski definition) is 1. The van der Waals surface area contributed by atoms with E-state index >= 15 is 0 Å². The number of hydrogen-bond acceptors (Lipinski definition) is 2. The van der Waals surface area contributed by atoms with Crippen molar-refractivity contribution in [2.24, 2.45) is 0 Å². The van der Waals surface area contributed by atoms with Gasteiger partial charge < -0.3 is 10.1 Å². The molecule has 0 amide bonds. The van der Waals surface area contributed by atoms with Crippen molar-refractivity contribution in [3.63, 3.8) is 0 Å². The van der Waals surface area contributed by atoms with Crippen LogP contribution in [0.1, 0.15) is 0 Å². The minimum absolute atomic E-state index is 0.171. The molecule has 0 radical (unpaired) electrons. The molecule has 6 heteroatoms. The Morgan fingerprint density at radius 1 is 1.25 bits per heavy atom. The van der Waals surface area contributed by atoms with Gasteiger partial charge in [-0.1, -0.05) is 12.1 Å². The summed E-state index contributed by atoms with van der Waals surface area (Å²) in [4.78, 5) is 0. The summed E-state index contributed by atoms with van der Waals surface area (Å²) in [6.07, 6.45) is -4.33. The fourth-order valence-corrected chi connectivity index (χ4v) is 1.17. The number of rotatable bonds is 5. The van der Waals surface area contributed by atoms with Crippen LogP contribution in [0, 0.1) is 0 Å². The van der Waals surface area contributed by atoms with Crippen molar-refractivity contribution in [3.8, 4) is 5.75 Å². The Hall–Kier alpha value is -1.10. The molecule has 16 heavy (non-hydrogen) atoms. The molecule has 1 rings (SSSR count). The number of para-hydroxylation sites is 2. The molecule has 0 aromatic heterocycles. The number of alkyl halides is 4. The zero-order valence-electron chi connectivity index (χ0n) is 8.35. The molecule has 2 nitrogen and oxygen atoms in total. The SMILES string of the molecule is FC(F)(F)COc1ccccc1NCCCl. The molecule has 0 saturated carbocycles. The van der Waals surface area contributed by atoms with Crippen LogP contribution in [0.5, 0.6) is 5.75 Å². The van der Waals surface area contributed by atoms with Gasteiger partial charge in [-0.2, -0.15) is 13.2 Å². The van der Waals surface area contributed by atoms with Crippen molar-refractivity contribution < 1.29 is 17.9 Å². The largest absolute Gasteiger partial charge is 0.482 e. The number of nitrogens with one attached hydrogen (secondary N) is 1. The van der Waals surface area contributed by atoms with Crippen LogP contribution in [-0.4, -0.2) is 25.2 Å². The van der Waals surface area contributed by atoms with Crippen LogP contribution in [0.4, 0.5) is 18.9 Å². The molecule has 0 aliphatic rings. The molecule has 0 fully saturated rings. The molecule has 0 saturated heterocycles. The van der Waals surface area contributed by atoms with E-state index in [2.05, 4.69) is 10.1 Å². The minimum atomic E-state index is -4.33. The second kappa shape index (κ2) is 5.84. The van der Waals surface area contributed by atoms with Crippen LogP contribution in [0.25, 0.3) is 0 Å². The van der Waals surface area contributed by atoms with Gasteiger partial charge in [0.15, 0.2) is 6.61 Å². The highest BCUT2D eigenvalue weighted by molar-refractivity contribution is 6.18. The average Bonchev–Trinajstić information content (AvgIpc) is 2.23.